The average molecular weight is 407 g/mol. The van der Waals surface area contributed by atoms with E-state index in [0.717, 1.165) is 17.3 Å². The van der Waals surface area contributed by atoms with Gasteiger partial charge in [-0.1, -0.05) is 54.2 Å². The van der Waals surface area contributed by atoms with Crippen molar-refractivity contribution < 1.29 is 19.1 Å². The maximum Gasteiger partial charge on any atom is 0.328 e. The molecule has 0 saturated carbocycles. The second kappa shape index (κ2) is 11.5. The third-order valence-corrected chi connectivity index (χ3v) is 4.28. The van der Waals surface area contributed by atoms with Crippen LogP contribution in [0.5, 0.6) is 0 Å². The van der Waals surface area contributed by atoms with Crippen molar-refractivity contribution in [3.05, 3.63) is 42.0 Å². The Kier molecular flexibility index (Phi) is 9.79. The summed E-state index contributed by atoms with van der Waals surface area (Å²) in [6.45, 7) is 9.16. The van der Waals surface area contributed by atoms with Crippen LogP contribution >= 0.6 is 11.8 Å². The standard InChI is InChI=1S/C21H30N2O4S/c1-16(19(25)27-21(3,4)5)22-20(26)23(14-15-28-17(2)24)13-9-12-18-10-7-6-8-11-18/h6-12,16H,13-15H2,1-5H3,(H,22,26)/t16-/m0/s1. The van der Waals surface area contributed by atoms with Crippen LogP contribution in [-0.2, 0) is 14.3 Å². The molecule has 0 bridgehead atoms. The van der Waals surface area contributed by atoms with Gasteiger partial charge in [-0.15, -0.1) is 0 Å². The molecule has 1 aromatic rings. The minimum absolute atomic E-state index is 0.00214. The van der Waals surface area contributed by atoms with Crippen LogP contribution in [0.15, 0.2) is 36.4 Å². The number of esters is 1. The van der Waals surface area contributed by atoms with E-state index in [9.17, 15) is 14.4 Å². The predicted octanol–water partition coefficient (Wildman–Crippen LogP) is 3.72. The van der Waals surface area contributed by atoms with Gasteiger partial charge in [0.1, 0.15) is 11.6 Å². The van der Waals surface area contributed by atoms with E-state index in [1.165, 1.54) is 6.92 Å². The molecule has 2 amide bonds. The Labute approximate surface area is 171 Å². The quantitative estimate of drug-likeness (QED) is 0.666. The van der Waals surface area contributed by atoms with E-state index in [4.69, 9.17) is 4.74 Å². The fraction of sp³-hybridized carbons (Fsp3) is 0.476. The van der Waals surface area contributed by atoms with E-state index in [1.54, 1.807) is 32.6 Å². The van der Waals surface area contributed by atoms with Crippen molar-refractivity contribution >= 4 is 35.0 Å². The molecule has 0 aliphatic carbocycles. The number of hydrogen-bond donors (Lipinski definition) is 1. The number of amides is 2. The van der Waals surface area contributed by atoms with Crippen molar-refractivity contribution in [2.45, 2.75) is 46.3 Å². The van der Waals surface area contributed by atoms with Gasteiger partial charge in [-0.05, 0) is 33.3 Å². The summed E-state index contributed by atoms with van der Waals surface area (Å²) in [5.41, 5.74) is 0.412. The summed E-state index contributed by atoms with van der Waals surface area (Å²) in [5, 5.41) is 2.68. The van der Waals surface area contributed by atoms with Crippen LogP contribution in [0.1, 0.15) is 40.2 Å². The van der Waals surface area contributed by atoms with E-state index in [2.05, 4.69) is 5.32 Å². The zero-order valence-electron chi connectivity index (χ0n) is 17.2. The van der Waals surface area contributed by atoms with Crippen LogP contribution in [0.25, 0.3) is 6.08 Å². The van der Waals surface area contributed by atoms with Gasteiger partial charge in [-0.3, -0.25) is 4.79 Å². The van der Waals surface area contributed by atoms with Crippen LogP contribution in [0.2, 0.25) is 0 Å². The molecule has 0 aliphatic rings. The van der Waals surface area contributed by atoms with Crippen molar-refractivity contribution in [3.8, 4) is 0 Å². The Hall–Kier alpha value is -2.28. The summed E-state index contributed by atoms with van der Waals surface area (Å²) >= 11 is 1.16. The van der Waals surface area contributed by atoms with Crippen molar-refractivity contribution in [1.82, 2.24) is 10.2 Å². The molecule has 1 aromatic carbocycles. The number of nitrogens with zero attached hydrogens (tertiary/aromatic N) is 1. The molecule has 0 heterocycles. The molecule has 0 spiro atoms. The zero-order chi connectivity index (χ0) is 21.2. The van der Waals surface area contributed by atoms with Gasteiger partial charge in [0.05, 0.1) is 0 Å². The van der Waals surface area contributed by atoms with Gasteiger partial charge in [0, 0.05) is 25.8 Å². The number of carbonyl (C=O) groups excluding carboxylic acids is 3. The van der Waals surface area contributed by atoms with Crippen LogP contribution in [0.4, 0.5) is 4.79 Å². The monoisotopic (exact) mass is 406 g/mol. The predicted molar refractivity (Wildman–Crippen MR) is 114 cm³/mol. The van der Waals surface area contributed by atoms with Crippen LogP contribution in [0, 0.1) is 0 Å². The summed E-state index contributed by atoms with van der Waals surface area (Å²) in [5.74, 6) is 0.00156. The van der Waals surface area contributed by atoms with Crippen molar-refractivity contribution in [2.24, 2.45) is 0 Å². The lowest BCUT2D eigenvalue weighted by Crippen LogP contribution is -2.48. The molecule has 6 nitrogen and oxygen atoms in total. The highest BCUT2D eigenvalue weighted by Crippen LogP contribution is 2.09. The highest BCUT2D eigenvalue weighted by Gasteiger charge is 2.24. The first-order chi connectivity index (χ1) is 13.1. The lowest BCUT2D eigenvalue weighted by atomic mass is 10.2. The number of nitrogens with one attached hydrogen (secondary N) is 1. The maximum atomic E-state index is 12.6. The van der Waals surface area contributed by atoms with E-state index < -0.39 is 17.6 Å². The van der Waals surface area contributed by atoms with Gasteiger partial charge >= 0.3 is 12.0 Å². The second-order valence-corrected chi connectivity index (χ2v) is 8.58. The van der Waals surface area contributed by atoms with Crippen molar-refractivity contribution in [2.75, 3.05) is 18.8 Å². The molecule has 0 aliphatic heterocycles. The van der Waals surface area contributed by atoms with E-state index in [0.29, 0.717) is 18.8 Å². The van der Waals surface area contributed by atoms with Gasteiger partial charge in [0.2, 0.25) is 0 Å². The third kappa shape index (κ3) is 10.2. The maximum absolute atomic E-state index is 12.6. The number of hydrogen-bond acceptors (Lipinski definition) is 5. The summed E-state index contributed by atoms with van der Waals surface area (Å²) in [4.78, 5) is 37.5. The molecule has 0 aromatic heterocycles. The molecule has 0 fully saturated rings. The first-order valence-electron chi connectivity index (χ1n) is 9.22. The second-order valence-electron chi connectivity index (χ2n) is 7.30. The Balaban J connectivity index is 2.70. The molecule has 28 heavy (non-hydrogen) atoms. The van der Waals surface area contributed by atoms with E-state index >= 15 is 0 Å². The topological polar surface area (TPSA) is 75.7 Å². The summed E-state index contributed by atoms with van der Waals surface area (Å²) < 4.78 is 5.30. The molecular weight excluding hydrogens is 376 g/mol. The van der Waals surface area contributed by atoms with Gasteiger partial charge in [0.15, 0.2) is 5.12 Å². The molecule has 1 N–H and O–H groups in total. The molecular formula is C21H30N2O4S. The zero-order valence-corrected chi connectivity index (χ0v) is 18.0. The van der Waals surface area contributed by atoms with Crippen LogP contribution in [0.3, 0.4) is 0 Å². The van der Waals surface area contributed by atoms with Crippen LogP contribution in [-0.4, -0.2) is 52.5 Å². The van der Waals surface area contributed by atoms with Gasteiger partial charge < -0.3 is 15.0 Å². The molecule has 154 valence electrons. The average Bonchev–Trinajstić information content (AvgIpc) is 2.59. The number of thioether (sulfide) groups is 1. The molecule has 0 unspecified atom stereocenters. The Morgan fingerprint density at radius 2 is 1.86 bits per heavy atom. The molecule has 0 radical (unpaired) electrons. The normalized spacial score (nSPS) is 12.5. The SMILES string of the molecule is CC(=O)SCCN(CC=Cc1ccccc1)C(=O)N[C@@H](C)C(=O)OC(C)(C)C. The summed E-state index contributed by atoms with van der Waals surface area (Å²) in [6, 6.07) is 8.61. The minimum Gasteiger partial charge on any atom is -0.458 e. The van der Waals surface area contributed by atoms with E-state index in [1.807, 2.05) is 42.5 Å². The number of carbonyl (C=O) groups is 3. The smallest absolute Gasteiger partial charge is 0.328 e. The Bertz CT molecular complexity index is 683. The number of rotatable bonds is 8. The Morgan fingerprint density at radius 1 is 1.21 bits per heavy atom. The van der Waals surface area contributed by atoms with Gasteiger partial charge in [0.25, 0.3) is 0 Å². The van der Waals surface area contributed by atoms with Crippen molar-refractivity contribution in [1.29, 1.82) is 0 Å². The first kappa shape index (κ1) is 23.8. The highest BCUT2D eigenvalue weighted by atomic mass is 32.2. The molecule has 0 saturated heterocycles. The molecule has 1 atom stereocenters. The lowest BCUT2D eigenvalue weighted by Gasteiger charge is -2.26. The summed E-state index contributed by atoms with van der Waals surface area (Å²) in [7, 11) is 0. The molecule has 7 heteroatoms. The number of benzene rings is 1. The number of urea groups is 1. The molecule has 1 rings (SSSR count). The van der Waals surface area contributed by atoms with Gasteiger partial charge in [-0.2, -0.15) is 0 Å². The lowest BCUT2D eigenvalue weighted by molar-refractivity contribution is -0.156. The third-order valence-electron chi connectivity index (χ3n) is 3.49. The fourth-order valence-corrected chi connectivity index (χ4v) is 2.78. The fourth-order valence-electron chi connectivity index (χ4n) is 2.18. The number of ether oxygens (including phenoxy) is 1. The summed E-state index contributed by atoms with van der Waals surface area (Å²) in [6.07, 6.45) is 3.81. The Morgan fingerprint density at radius 3 is 2.43 bits per heavy atom. The largest absolute Gasteiger partial charge is 0.458 e. The van der Waals surface area contributed by atoms with Crippen LogP contribution < -0.4 is 5.32 Å². The highest BCUT2D eigenvalue weighted by molar-refractivity contribution is 8.13. The van der Waals surface area contributed by atoms with Gasteiger partial charge in [-0.25, -0.2) is 9.59 Å². The van der Waals surface area contributed by atoms with Crippen molar-refractivity contribution in [3.63, 3.8) is 0 Å². The first-order valence-corrected chi connectivity index (χ1v) is 10.2. The van der Waals surface area contributed by atoms with E-state index in [-0.39, 0.29) is 11.1 Å². The minimum atomic E-state index is -0.771.